The van der Waals surface area contributed by atoms with Crippen LogP contribution in [0.2, 0.25) is 0 Å². The van der Waals surface area contributed by atoms with Crippen LogP contribution in [0.1, 0.15) is 15.4 Å². The molecular formula is C11H10BrN3O2S. The maximum Gasteiger partial charge on any atom is 0.358 e. The number of hydrogen-bond acceptors (Lipinski definition) is 5. The first-order valence-electron chi connectivity index (χ1n) is 5.19. The quantitative estimate of drug-likeness (QED) is 0.883. The predicted octanol–water partition coefficient (Wildman–Crippen LogP) is 2.65. The molecule has 94 valence electrons. The fourth-order valence-corrected chi connectivity index (χ4v) is 2.90. The molecule has 0 bridgehead atoms. The summed E-state index contributed by atoms with van der Waals surface area (Å²) < 4.78 is 1.09. The van der Waals surface area contributed by atoms with E-state index in [2.05, 4.69) is 31.2 Å². The molecule has 0 spiro atoms. The van der Waals surface area contributed by atoms with Gasteiger partial charge >= 0.3 is 5.97 Å². The highest BCUT2D eigenvalue weighted by molar-refractivity contribution is 9.11. The average molecular weight is 328 g/mol. The first-order chi connectivity index (χ1) is 8.66. The summed E-state index contributed by atoms with van der Waals surface area (Å²) in [5, 5.41) is 11.9. The zero-order valence-electron chi connectivity index (χ0n) is 9.26. The molecule has 2 rings (SSSR count). The van der Waals surface area contributed by atoms with Crippen LogP contribution in [0.25, 0.3) is 0 Å². The lowest BCUT2D eigenvalue weighted by Gasteiger charge is -2.06. The Morgan fingerprint density at radius 2 is 2.17 bits per heavy atom. The van der Waals surface area contributed by atoms with Crippen LogP contribution < -0.4 is 5.32 Å². The SMILES string of the molecule is O=C(O)c1nccnc1NCCc1ccc(Br)s1. The molecule has 0 aliphatic rings. The van der Waals surface area contributed by atoms with Crippen molar-refractivity contribution in [2.75, 3.05) is 11.9 Å². The lowest BCUT2D eigenvalue weighted by Crippen LogP contribution is -2.12. The van der Waals surface area contributed by atoms with Crippen LogP contribution in [0, 0.1) is 0 Å². The molecule has 0 aliphatic carbocycles. The first-order valence-corrected chi connectivity index (χ1v) is 6.80. The van der Waals surface area contributed by atoms with Crippen molar-refractivity contribution in [3.8, 4) is 0 Å². The summed E-state index contributed by atoms with van der Waals surface area (Å²) in [6, 6.07) is 4.02. The molecule has 0 saturated carbocycles. The number of aromatic carboxylic acids is 1. The molecule has 0 unspecified atom stereocenters. The van der Waals surface area contributed by atoms with Gasteiger partial charge in [-0.1, -0.05) is 0 Å². The third kappa shape index (κ3) is 3.27. The van der Waals surface area contributed by atoms with Crippen molar-refractivity contribution in [3.63, 3.8) is 0 Å². The van der Waals surface area contributed by atoms with Crippen molar-refractivity contribution >= 4 is 39.1 Å². The second kappa shape index (κ2) is 5.92. The Morgan fingerprint density at radius 1 is 1.39 bits per heavy atom. The van der Waals surface area contributed by atoms with Crippen LogP contribution in [0.3, 0.4) is 0 Å². The molecule has 2 N–H and O–H groups in total. The molecule has 2 aromatic rings. The van der Waals surface area contributed by atoms with Gasteiger partial charge in [0.25, 0.3) is 0 Å². The summed E-state index contributed by atoms with van der Waals surface area (Å²) in [7, 11) is 0. The fourth-order valence-electron chi connectivity index (χ4n) is 1.41. The molecule has 0 atom stereocenters. The fraction of sp³-hybridized carbons (Fsp3) is 0.182. The normalized spacial score (nSPS) is 10.3. The molecule has 0 fully saturated rings. The Balaban J connectivity index is 1.96. The summed E-state index contributed by atoms with van der Waals surface area (Å²) in [6.07, 6.45) is 3.65. The number of carboxylic acid groups (broad SMARTS) is 1. The molecule has 0 saturated heterocycles. The molecule has 5 nitrogen and oxygen atoms in total. The van der Waals surface area contributed by atoms with Gasteiger partial charge in [0, 0.05) is 23.8 Å². The summed E-state index contributed by atoms with van der Waals surface area (Å²) in [5.74, 6) is -0.773. The van der Waals surface area contributed by atoms with Crippen LogP contribution in [0.4, 0.5) is 5.82 Å². The van der Waals surface area contributed by atoms with Gasteiger partial charge in [-0.15, -0.1) is 11.3 Å². The number of aromatic nitrogens is 2. The molecule has 2 aromatic heterocycles. The topological polar surface area (TPSA) is 75.1 Å². The van der Waals surface area contributed by atoms with Gasteiger partial charge in [-0.2, -0.15) is 0 Å². The Bertz CT molecular complexity index is 559. The number of carboxylic acids is 1. The van der Waals surface area contributed by atoms with E-state index in [-0.39, 0.29) is 5.69 Å². The molecule has 7 heteroatoms. The van der Waals surface area contributed by atoms with Crippen molar-refractivity contribution < 1.29 is 9.90 Å². The van der Waals surface area contributed by atoms with Gasteiger partial charge in [0.15, 0.2) is 11.5 Å². The van der Waals surface area contributed by atoms with Crippen LogP contribution in [-0.4, -0.2) is 27.6 Å². The predicted molar refractivity (Wildman–Crippen MR) is 73.2 cm³/mol. The van der Waals surface area contributed by atoms with E-state index in [9.17, 15) is 4.79 Å². The van der Waals surface area contributed by atoms with Gasteiger partial charge in [0.05, 0.1) is 3.79 Å². The zero-order valence-corrected chi connectivity index (χ0v) is 11.7. The summed E-state index contributed by atoms with van der Waals surface area (Å²) in [6.45, 7) is 0.617. The lowest BCUT2D eigenvalue weighted by atomic mass is 10.3. The highest BCUT2D eigenvalue weighted by Gasteiger charge is 2.11. The molecule has 18 heavy (non-hydrogen) atoms. The Labute approximate surface area is 116 Å². The van der Waals surface area contributed by atoms with Crippen molar-refractivity contribution in [1.29, 1.82) is 0 Å². The van der Waals surface area contributed by atoms with Gasteiger partial charge in [-0.05, 0) is 34.5 Å². The smallest absolute Gasteiger partial charge is 0.358 e. The van der Waals surface area contributed by atoms with E-state index >= 15 is 0 Å². The summed E-state index contributed by atoms with van der Waals surface area (Å²) >= 11 is 5.06. The molecule has 0 radical (unpaired) electrons. The van der Waals surface area contributed by atoms with Gasteiger partial charge in [0.2, 0.25) is 0 Å². The molecule has 0 aliphatic heterocycles. The molecule has 0 aromatic carbocycles. The van der Waals surface area contributed by atoms with Crippen molar-refractivity contribution in [3.05, 3.63) is 38.9 Å². The third-order valence-corrected chi connectivity index (χ3v) is 3.88. The van der Waals surface area contributed by atoms with Crippen molar-refractivity contribution in [1.82, 2.24) is 9.97 Å². The number of anilines is 1. The highest BCUT2D eigenvalue weighted by Crippen LogP contribution is 2.22. The summed E-state index contributed by atoms with van der Waals surface area (Å²) in [4.78, 5) is 19.9. The molecule has 0 amide bonds. The van der Waals surface area contributed by atoms with Crippen LogP contribution in [-0.2, 0) is 6.42 Å². The summed E-state index contributed by atoms with van der Waals surface area (Å²) in [5.41, 5.74) is -0.0511. The first kappa shape index (κ1) is 13.0. The van der Waals surface area contributed by atoms with E-state index < -0.39 is 5.97 Å². The third-order valence-electron chi connectivity index (χ3n) is 2.19. The van der Waals surface area contributed by atoms with Gasteiger partial charge < -0.3 is 10.4 Å². The van der Waals surface area contributed by atoms with Gasteiger partial charge in [-0.25, -0.2) is 14.8 Å². The number of hydrogen-bond donors (Lipinski definition) is 2. The number of carbonyl (C=O) groups is 1. The van der Waals surface area contributed by atoms with E-state index in [1.165, 1.54) is 17.3 Å². The van der Waals surface area contributed by atoms with Crippen LogP contribution >= 0.6 is 27.3 Å². The minimum Gasteiger partial charge on any atom is -0.476 e. The largest absolute Gasteiger partial charge is 0.476 e. The minimum absolute atomic E-state index is 0.0511. The maximum absolute atomic E-state index is 10.9. The van der Waals surface area contributed by atoms with E-state index in [1.807, 2.05) is 12.1 Å². The standard InChI is InChI=1S/C11H10BrN3O2S/c12-8-2-1-7(18-8)3-4-14-10-9(11(16)17)13-5-6-15-10/h1-2,5-6H,3-4H2,(H,14,15)(H,16,17). The Kier molecular flexibility index (Phi) is 4.27. The van der Waals surface area contributed by atoms with E-state index in [0.717, 1.165) is 10.2 Å². The highest BCUT2D eigenvalue weighted by atomic mass is 79.9. The zero-order chi connectivity index (χ0) is 13.0. The van der Waals surface area contributed by atoms with E-state index in [0.29, 0.717) is 12.4 Å². The number of nitrogens with one attached hydrogen (secondary N) is 1. The second-order valence-electron chi connectivity index (χ2n) is 3.44. The van der Waals surface area contributed by atoms with Gasteiger partial charge in [-0.3, -0.25) is 0 Å². The number of nitrogens with zero attached hydrogens (tertiary/aromatic N) is 2. The number of halogens is 1. The Hall–Kier alpha value is -1.47. The Morgan fingerprint density at radius 3 is 2.83 bits per heavy atom. The average Bonchev–Trinajstić information content (AvgIpc) is 2.75. The van der Waals surface area contributed by atoms with Crippen LogP contribution in [0.5, 0.6) is 0 Å². The minimum atomic E-state index is -1.08. The molecular weight excluding hydrogens is 318 g/mol. The van der Waals surface area contributed by atoms with E-state index in [4.69, 9.17) is 5.11 Å². The van der Waals surface area contributed by atoms with Crippen molar-refractivity contribution in [2.24, 2.45) is 0 Å². The lowest BCUT2D eigenvalue weighted by molar-refractivity contribution is 0.0691. The maximum atomic E-state index is 10.9. The second-order valence-corrected chi connectivity index (χ2v) is 5.99. The van der Waals surface area contributed by atoms with Gasteiger partial charge in [0.1, 0.15) is 0 Å². The monoisotopic (exact) mass is 327 g/mol. The number of rotatable bonds is 5. The van der Waals surface area contributed by atoms with Crippen molar-refractivity contribution in [2.45, 2.75) is 6.42 Å². The van der Waals surface area contributed by atoms with E-state index in [1.54, 1.807) is 11.3 Å². The molecule has 2 heterocycles. The van der Waals surface area contributed by atoms with Crippen LogP contribution in [0.15, 0.2) is 28.3 Å². The number of thiophene rings is 1.